The van der Waals surface area contributed by atoms with Crippen molar-refractivity contribution in [3.05, 3.63) is 531 Å². The van der Waals surface area contributed by atoms with Gasteiger partial charge in [0.05, 0.1) is 0 Å². The Bertz CT molecular complexity index is 6840. The van der Waals surface area contributed by atoms with Crippen molar-refractivity contribution in [3.63, 3.8) is 0 Å². The van der Waals surface area contributed by atoms with Crippen molar-refractivity contribution < 1.29 is 109 Å². The minimum Gasteiger partial charge on any atom is -0.304 e. The van der Waals surface area contributed by atoms with Gasteiger partial charge in [0.1, 0.15) is 5.82 Å². The van der Waals surface area contributed by atoms with Crippen LogP contribution in [0.3, 0.4) is 0 Å². The van der Waals surface area contributed by atoms with Gasteiger partial charge in [-0.2, -0.15) is 0 Å². The molecule has 684 valence electrons. The zero-order valence-corrected chi connectivity index (χ0v) is 83.9. The predicted molar refractivity (Wildman–Crippen MR) is 542 cm³/mol. The van der Waals surface area contributed by atoms with Gasteiger partial charge in [0.2, 0.25) is 0 Å². The van der Waals surface area contributed by atoms with Crippen LogP contribution in [-0.4, -0.2) is 39.9 Å². The van der Waals surface area contributed by atoms with Gasteiger partial charge >= 0.3 is 0 Å². The van der Waals surface area contributed by atoms with Crippen LogP contribution in [0.15, 0.2) is 432 Å². The van der Waals surface area contributed by atoms with E-state index in [1.807, 2.05) is 299 Å². The molecule has 8 nitrogen and oxygen atoms in total. The number of nitrogens with zero attached hydrogens (tertiary/aromatic N) is 8. The molecule has 136 heavy (non-hydrogen) atoms. The molecule has 8 heterocycles. The summed E-state index contributed by atoms with van der Waals surface area (Å²) in [6, 6.07) is 142. The molecule has 0 amide bonds. The Morgan fingerprint density at radius 1 is 0.257 bits per heavy atom. The number of pyridine rings is 8. The average molecular weight is 2500 g/mol. The summed E-state index contributed by atoms with van der Waals surface area (Å²) < 4.78 is 146. The van der Waals surface area contributed by atoms with E-state index in [4.69, 9.17) is 24.7 Å². The Labute approximate surface area is 882 Å². The fourth-order valence-corrected chi connectivity index (χ4v) is 12.8. The number of hydrogen-bond donors (Lipinski definition) is 0. The van der Waals surface area contributed by atoms with Crippen molar-refractivity contribution in [2.45, 2.75) is 74.2 Å². The van der Waals surface area contributed by atoms with Gasteiger partial charge in [0.25, 0.3) is 0 Å². The third-order valence-corrected chi connectivity index (χ3v) is 20.0. The summed E-state index contributed by atoms with van der Waals surface area (Å²) in [4.78, 5) is 34.4. The average Bonchev–Trinajstić information content (AvgIpc) is 0.817. The summed E-state index contributed by atoms with van der Waals surface area (Å²) in [6.45, 7) is -3.31. The molecule has 0 N–H and O–H groups in total. The molecule has 0 atom stereocenters. The third kappa shape index (κ3) is 33.2. The van der Waals surface area contributed by atoms with Crippen molar-refractivity contribution in [3.8, 4) is 135 Å². The molecule has 0 spiro atoms. The van der Waals surface area contributed by atoms with E-state index in [9.17, 15) is 4.39 Å². The molecule has 20 aromatic rings. The maximum Gasteiger partial charge on any atom is 0.126 e. The molecule has 4 radical (unpaired) electrons. The normalized spacial score (nSPS) is 12.6. The van der Waals surface area contributed by atoms with Crippen LogP contribution < -0.4 is 0 Å². The maximum absolute atomic E-state index is 13.3. The van der Waals surface area contributed by atoms with Gasteiger partial charge in [-0.15, -0.1) is 287 Å². The molecular weight excluding hydrogens is 2380 g/mol. The summed E-state index contributed by atoms with van der Waals surface area (Å²) in [5.41, 5.74) is 25.6. The van der Waals surface area contributed by atoms with Gasteiger partial charge in [-0.3, -0.25) is 0 Å². The van der Waals surface area contributed by atoms with Crippen molar-refractivity contribution in [1.29, 1.82) is 0 Å². The summed E-state index contributed by atoms with van der Waals surface area (Å²) >= 11 is 0. The van der Waals surface area contributed by atoms with Gasteiger partial charge in [-0.05, 0) is 195 Å². The molecule has 0 saturated heterocycles. The summed E-state index contributed by atoms with van der Waals surface area (Å²) in [5, 5.41) is 0. The fourth-order valence-electron chi connectivity index (χ4n) is 12.8. The standard InChI is InChI=1S/C20H18N.C19H16N.C18H13FN.C18H14N.4C12H10N.4Ir/c1-15(2)16-8-10-17(11-9-16)19-12-13-20(21-14-19)18-6-4-3-5-7-18;1-2-15-8-10-16(11-9-15)18-12-13-19(20-14-18)17-6-4-3-5-7-17;1-13-11-15(7-9-17(13)19)16-8-10-18(20-12-16)14-5-3-2-4-6-14;1-14-7-9-15(10-8-14)17-11-12-18(19-13-17)16-5-3-2-4-6-16;4*1-10-7-8-12(13-9-10)11-5-3-2-4-6-11;;;;/h3-6,8-15H,1-2H3;3-6,8-14H,2H2,1H3;2-5,7-12H,1H3;2-5,7-13H,1H3;4*2-5,7-9H,1H3;;;;/q8*-1;;;;/i15D;2D2;;5*1D3;;;;. The molecular formula is C123H101FIr4N8-8. The Kier molecular flexibility index (Phi) is 34.0. The number of hydrogen-bond acceptors (Lipinski definition) is 8. The van der Waals surface area contributed by atoms with Gasteiger partial charge in [-0.25, -0.2) is 4.39 Å². The second kappa shape index (κ2) is 56.5. The zero-order valence-electron chi connectivity index (χ0n) is 92.3. The number of aromatic nitrogens is 8. The number of halogens is 1. The van der Waals surface area contributed by atoms with Crippen LogP contribution in [0.2, 0.25) is 0 Å². The van der Waals surface area contributed by atoms with E-state index >= 15 is 0 Å². The van der Waals surface area contributed by atoms with Crippen LogP contribution in [-0.2, 0) is 86.8 Å². The molecule has 0 aliphatic rings. The van der Waals surface area contributed by atoms with Gasteiger partial charge in [-0.1, -0.05) is 202 Å². The van der Waals surface area contributed by atoms with Crippen molar-refractivity contribution in [2.75, 3.05) is 0 Å². The largest absolute Gasteiger partial charge is 0.304 e. The molecule has 0 unspecified atom stereocenters. The van der Waals surface area contributed by atoms with Gasteiger partial charge in [0.15, 0.2) is 0 Å². The van der Waals surface area contributed by atoms with Crippen LogP contribution in [0.1, 0.15) is 95.8 Å². The van der Waals surface area contributed by atoms with E-state index in [1.54, 1.807) is 111 Å². The molecule has 12 aromatic carbocycles. The van der Waals surface area contributed by atoms with Crippen LogP contribution in [0.25, 0.3) is 135 Å². The second-order valence-electron chi connectivity index (χ2n) is 29.6. The minimum atomic E-state index is -2.09. The number of benzene rings is 12. The molecule has 0 bridgehead atoms. The quantitative estimate of drug-likeness (QED) is 0.0992. The number of rotatable bonds is 14. The first-order valence-electron chi connectivity index (χ1n) is 51.2. The molecule has 0 aliphatic heterocycles. The first-order valence-corrected chi connectivity index (χ1v) is 42.2. The molecule has 0 aliphatic carbocycles. The fraction of sp³-hybridized carbons (Fsp3) is 0.0894. The van der Waals surface area contributed by atoms with Gasteiger partial charge in [0, 0.05) is 155 Å². The van der Waals surface area contributed by atoms with Crippen LogP contribution in [0.4, 0.5) is 4.39 Å². The Morgan fingerprint density at radius 2 is 0.471 bits per heavy atom. The topological polar surface area (TPSA) is 103 Å². The second-order valence-corrected chi connectivity index (χ2v) is 29.6. The summed E-state index contributed by atoms with van der Waals surface area (Å²) in [7, 11) is 0. The van der Waals surface area contributed by atoms with Crippen LogP contribution in [0.5, 0.6) is 0 Å². The Hall–Kier alpha value is -13.6. The maximum atomic E-state index is 13.3. The molecule has 20 rings (SSSR count). The first kappa shape index (κ1) is 81.9. The molecule has 0 fully saturated rings. The SMILES string of the molecule is Cc1cc(-c2ccc(-c3[c-]cccc3)nc2)ccc1F.[2H]C(C)(C)c1ccc(-c2ccc(-c3[c-]cccc3)nc2)cc1.[2H]C([2H])(C)c1ccc(-c2ccc(-c3[c-]cccc3)nc2)cc1.[2H]C([2H])([2H])c1ccc(-c2[c-]cccc2)nc1.[2H]C([2H])([2H])c1ccc(-c2[c-]cccc2)nc1.[2H]C([2H])([2H])c1ccc(-c2[c-]cccc2)nc1.[2H]C([2H])([2H])c1ccc(-c2[c-]cccc2)nc1.[2H]C([2H])([2H])c1ccc(-c2ccc(-c3[c-]cccc3)nc2)cc1.[Ir].[Ir].[Ir].[Ir]. The smallest absolute Gasteiger partial charge is 0.126 e. The van der Waals surface area contributed by atoms with Crippen molar-refractivity contribution >= 4 is 0 Å². The Morgan fingerprint density at radius 3 is 0.669 bits per heavy atom. The first-order chi connectivity index (χ1) is 71.6. The molecule has 8 aromatic heterocycles. The van der Waals surface area contributed by atoms with E-state index in [0.29, 0.717) is 16.7 Å². The summed E-state index contributed by atoms with van der Waals surface area (Å²) in [6.07, 6.45) is 11.6. The van der Waals surface area contributed by atoms with E-state index in [1.165, 1.54) is 30.9 Å². The zero-order chi connectivity index (χ0) is 107. The van der Waals surface area contributed by atoms with E-state index in [-0.39, 0.29) is 108 Å². The molecule has 13 heteroatoms. The van der Waals surface area contributed by atoms with Gasteiger partial charge < -0.3 is 39.9 Å². The monoisotopic (exact) mass is 2500 g/mol. The van der Waals surface area contributed by atoms with E-state index in [2.05, 4.69) is 107 Å². The van der Waals surface area contributed by atoms with Crippen molar-refractivity contribution in [2.24, 2.45) is 0 Å². The van der Waals surface area contributed by atoms with E-state index in [0.717, 1.165) is 140 Å². The van der Waals surface area contributed by atoms with Crippen LogP contribution >= 0.6 is 0 Å². The number of aryl methyl sites for hydroxylation is 7. The van der Waals surface area contributed by atoms with Crippen molar-refractivity contribution in [1.82, 2.24) is 39.9 Å². The summed E-state index contributed by atoms with van der Waals surface area (Å²) in [5.74, 6) is -0.749. The minimum absolute atomic E-state index is 0. The predicted octanol–water partition coefficient (Wildman–Crippen LogP) is 30.7. The Balaban J connectivity index is 0.000000195. The third-order valence-electron chi connectivity index (χ3n) is 20.0. The molecule has 0 saturated carbocycles. The van der Waals surface area contributed by atoms with Crippen LogP contribution in [0, 0.1) is 95.5 Å². The van der Waals surface area contributed by atoms with E-state index < -0.39 is 46.5 Å².